The monoisotopic (exact) mass is 434 g/mol. The fraction of sp³-hybridized carbons (Fsp3) is 0.474. The Morgan fingerprint density at radius 1 is 1.38 bits per heavy atom. The van der Waals surface area contributed by atoms with Crippen LogP contribution in [-0.4, -0.2) is 29.9 Å². The summed E-state index contributed by atoms with van der Waals surface area (Å²) in [6.07, 6.45) is 3.26. The third kappa shape index (κ3) is 4.45. The predicted molar refractivity (Wildman–Crippen MR) is 112 cm³/mol. The number of amides is 1. The van der Waals surface area contributed by atoms with E-state index in [1.165, 1.54) is 0 Å². The quantitative estimate of drug-likeness (QED) is 0.680. The van der Waals surface area contributed by atoms with Crippen LogP contribution >= 0.6 is 15.9 Å². The molecule has 1 aliphatic heterocycles. The molecule has 0 fully saturated rings. The number of carbonyl (C=O) groups is 1. The molecule has 7 heteroatoms. The number of fused-ring (bicyclic) bond motifs is 1. The lowest BCUT2D eigenvalue weighted by molar-refractivity contribution is 0.102. The van der Waals surface area contributed by atoms with Crippen LogP contribution in [0, 0.1) is 6.92 Å². The SMILES string of the molecule is Cc1c(Br)cccc1NC(=O)c1cc2n(n1)CCC[C@@H]2NC[Si](C)(C)C. The van der Waals surface area contributed by atoms with Crippen LogP contribution in [0.4, 0.5) is 5.69 Å². The van der Waals surface area contributed by atoms with Crippen LogP contribution < -0.4 is 10.6 Å². The number of anilines is 1. The van der Waals surface area contributed by atoms with E-state index in [0.717, 1.165) is 47.0 Å². The second kappa shape index (κ2) is 7.66. The summed E-state index contributed by atoms with van der Waals surface area (Å²) in [5.74, 6) is -0.156. The number of hydrogen-bond donors (Lipinski definition) is 2. The molecule has 1 amide bonds. The molecule has 5 nitrogen and oxygen atoms in total. The van der Waals surface area contributed by atoms with Gasteiger partial charge in [-0.2, -0.15) is 5.10 Å². The molecule has 1 aliphatic rings. The standard InChI is InChI=1S/C19H27BrN4OSi/c1-13-14(20)7-5-8-15(13)22-19(25)17-11-18-16(21-12-26(2,3)4)9-6-10-24(18)23-17/h5,7-8,11,16,21H,6,9-10,12H2,1-4H3,(H,22,25)/t16-/m0/s1. The minimum atomic E-state index is -1.16. The van der Waals surface area contributed by atoms with Crippen molar-refractivity contribution in [3.63, 3.8) is 0 Å². The van der Waals surface area contributed by atoms with E-state index in [9.17, 15) is 4.79 Å². The third-order valence-corrected chi connectivity index (χ3v) is 6.78. The average molecular weight is 435 g/mol. The Bertz CT molecular complexity index is 812. The summed E-state index contributed by atoms with van der Waals surface area (Å²) in [5.41, 5.74) is 3.44. The average Bonchev–Trinajstić information content (AvgIpc) is 3.01. The van der Waals surface area contributed by atoms with Crippen LogP contribution in [0.5, 0.6) is 0 Å². The van der Waals surface area contributed by atoms with Crippen molar-refractivity contribution < 1.29 is 4.79 Å². The first-order valence-corrected chi connectivity index (χ1v) is 13.6. The number of aromatic nitrogens is 2. The van der Waals surface area contributed by atoms with E-state index in [1.807, 2.05) is 35.9 Å². The van der Waals surface area contributed by atoms with Crippen molar-refractivity contribution in [3.05, 3.63) is 45.7 Å². The summed E-state index contributed by atoms with van der Waals surface area (Å²) in [7, 11) is -1.16. The Morgan fingerprint density at radius 2 is 2.15 bits per heavy atom. The molecule has 2 N–H and O–H groups in total. The largest absolute Gasteiger partial charge is 0.320 e. The summed E-state index contributed by atoms with van der Waals surface area (Å²) in [6.45, 7) is 9.94. The lowest BCUT2D eigenvalue weighted by Crippen LogP contribution is -2.40. The van der Waals surface area contributed by atoms with Gasteiger partial charge < -0.3 is 10.6 Å². The first kappa shape index (κ1) is 19.3. The second-order valence-electron chi connectivity index (χ2n) is 8.18. The van der Waals surface area contributed by atoms with E-state index < -0.39 is 8.07 Å². The van der Waals surface area contributed by atoms with Crippen LogP contribution in [0.25, 0.3) is 0 Å². The summed E-state index contributed by atoms with van der Waals surface area (Å²) in [5, 5.41) is 11.2. The van der Waals surface area contributed by atoms with Gasteiger partial charge in [-0.25, -0.2) is 0 Å². The van der Waals surface area contributed by atoms with Crippen LogP contribution in [-0.2, 0) is 6.54 Å². The fourth-order valence-electron chi connectivity index (χ4n) is 3.16. The number of benzene rings is 1. The summed E-state index contributed by atoms with van der Waals surface area (Å²) in [6, 6.07) is 8.03. The van der Waals surface area contributed by atoms with Crippen molar-refractivity contribution in [3.8, 4) is 0 Å². The Kier molecular flexibility index (Phi) is 5.69. The van der Waals surface area contributed by atoms with Crippen LogP contribution in [0.3, 0.4) is 0 Å². The van der Waals surface area contributed by atoms with Gasteiger partial charge in [0.25, 0.3) is 5.91 Å². The Hall–Kier alpha value is -1.44. The van der Waals surface area contributed by atoms with Gasteiger partial charge >= 0.3 is 0 Å². The minimum absolute atomic E-state index is 0.156. The zero-order valence-electron chi connectivity index (χ0n) is 15.9. The lowest BCUT2D eigenvalue weighted by atomic mass is 10.0. The Labute approximate surface area is 164 Å². The normalized spacial score (nSPS) is 17.0. The molecule has 1 aromatic carbocycles. The van der Waals surface area contributed by atoms with Gasteiger partial charge in [0.1, 0.15) is 0 Å². The highest BCUT2D eigenvalue weighted by atomic mass is 79.9. The second-order valence-corrected chi connectivity index (χ2v) is 14.5. The van der Waals surface area contributed by atoms with E-state index in [4.69, 9.17) is 0 Å². The molecule has 3 rings (SSSR count). The highest BCUT2D eigenvalue weighted by Crippen LogP contribution is 2.27. The smallest absolute Gasteiger partial charge is 0.276 e. The molecule has 0 unspecified atom stereocenters. The van der Waals surface area contributed by atoms with E-state index in [2.05, 4.69) is 51.3 Å². The highest BCUT2D eigenvalue weighted by Gasteiger charge is 2.26. The maximum atomic E-state index is 12.7. The van der Waals surface area contributed by atoms with Crippen molar-refractivity contribution in [2.24, 2.45) is 0 Å². The molecule has 2 aromatic rings. The highest BCUT2D eigenvalue weighted by molar-refractivity contribution is 9.10. The van der Waals surface area contributed by atoms with Gasteiger partial charge in [0.2, 0.25) is 0 Å². The summed E-state index contributed by atoms with van der Waals surface area (Å²) < 4.78 is 2.98. The van der Waals surface area contributed by atoms with Crippen LogP contribution in [0.2, 0.25) is 19.6 Å². The van der Waals surface area contributed by atoms with Gasteiger partial charge in [-0.05, 0) is 49.7 Å². The molecular weight excluding hydrogens is 408 g/mol. The molecule has 26 heavy (non-hydrogen) atoms. The first-order valence-electron chi connectivity index (χ1n) is 9.12. The van der Waals surface area contributed by atoms with Gasteiger partial charge in [-0.3, -0.25) is 9.48 Å². The molecule has 140 valence electrons. The molecule has 0 bridgehead atoms. The van der Waals surface area contributed by atoms with E-state index in [-0.39, 0.29) is 11.9 Å². The molecule has 0 radical (unpaired) electrons. The van der Waals surface area contributed by atoms with Crippen molar-refractivity contribution >= 4 is 35.6 Å². The molecule has 0 spiro atoms. The third-order valence-electron chi connectivity index (χ3n) is 4.66. The number of rotatable bonds is 5. The molecular formula is C19H27BrN4OSi. The molecule has 2 heterocycles. The lowest BCUT2D eigenvalue weighted by Gasteiger charge is -2.27. The van der Waals surface area contributed by atoms with E-state index in [0.29, 0.717) is 5.69 Å². The van der Waals surface area contributed by atoms with Crippen molar-refractivity contribution in [1.29, 1.82) is 0 Å². The van der Waals surface area contributed by atoms with Crippen molar-refractivity contribution in [1.82, 2.24) is 15.1 Å². The molecule has 1 aromatic heterocycles. The first-order chi connectivity index (χ1) is 12.2. The molecule has 0 aliphatic carbocycles. The van der Waals surface area contributed by atoms with E-state index >= 15 is 0 Å². The zero-order chi connectivity index (χ0) is 18.9. The Morgan fingerprint density at radius 3 is 2.88 bits per heavy atom. The number of nitrogens with zero attached hydrogens (tertiary/aromatic N) is 2. The summed E-state index contributed by atoms with van der Waals surface area (Å²) in [4.78, 5) is 12.7. The number of halogens is 1. The molecule has 0 saturated carbocycles. The van der Waals surface area contributed by atoms with Gasteiger partial charge in [-0.1, -0.05) is 41.6 Å². The van der Waals surface area contributed by atoms with Gasteiger partial charge in [0, 0.05) is 22.7 Å². The minimum Gasteiger partial charge on any atom is -0.320 e. The molecule has 1 atom stereocenters. The zero-order valence-corrected chi connectivity index (χ0v) is 18.5. The molecule has 0 saturated heterocycles. The predicted octanol–water partition coefficient (Wildman–Crippen LogP) is 4.51. The maximum Gasteiger partial charge on any atom is 0.276 e. The number of aryl methyl sites for hydroxylation is 1. The van der Waals surface area contributed by atoms with Gasteiger partial charge in [0.15, 0.2) is 5.69 Å². The Balaban J connectivity index is 1.77. The van der Waals surface area contributed by atoms with E-state index in [1.54, 1.807) is 0 Å². The van der Waals surface area contributed by atoms with Gasteiger partial charge in [-0.15, -0.1) is 0 Å². The number of carbonyl (C=O) groups excluding carboxylic acids is 1. The summed E-state index contributed by atoms with van der Waals surface area (Å²) >= 11 is 3.50. The van der Waals surface area contributed by atoms with Crippen molar-refractivity contribution in [2.75, 3.05) is 11.5 Å². The van der Waals surface area contributed by atoms with Gasteiger partial charge in [0.05, 0.1) is 13.8 Å². The maximum absolute atomic E-state index is 12.7. The number of nitrogens with one attached hydrogen (secondary N) is 2. The fourth-order valence-corrected chi connectivity index (χ4v) is 4.39. The van der Waals surface area contributed by atoms with Crippen LogP contribution in [0.1, 0.15) is 40.6 Å². The number of hydrogen-bond acceptors (Lipinski definition) is 3. The topological polar surface area (TPSA) is 59.0 Å². The van der Waals surface area contributed by atoms with Crippen molar-refractivity contribution in [2.45, 2.75) is 52.0 Å². The van der Waals surface area contributed by atoms with Crippen LogP contribution in [0.15, 0.2) is 28.7 Å².